The first-order valence-corrected chi connectivity index (χ1v) is 12.8. The lowest BCUT2D eigenvalue weighted by Crippen LogP contribution is -1.95. The van der Waals surface area contributed by atoms with E-state index in [1.54, 1.807) is 6.20 Å². The Morgan fingerprint density at radius 1 is 0.711 bits per heavy atom. The molecular weight excluding hydrogens is 466 g/mol. The lowest BCUT2D eigenvalue weighted by atomic mass is 9.87. The van der Waals surface area contributed by atoms with Gasteiger partial charge in [-0.05, 0) is 48.2 Å². The van der Waals surface area contributed by atoms with Crippen LogP contribution in [0.15, 0.2) is 118 Å². The van der Waals surface area contributed by atoms with Gasteiger partial charge >= 0.3 is 0 Å². The van der Waals surface area contributed by atoms with Crippen LogP contribution in [0.5, 0.6) is 0 Å². The molecule has 2 heterocycles. The Kier molecular flexibility index (Phi) is 5.49. The topological polar surface area (TPSA) is 39.2 Å². The minimum Gasteiger partial charge on any atom is -0.452 e. The average Bonchev–Trinajstić information content (AvgIpc) is 3.64. The third kappa shape index (κ3) is 3.84. The molecule has 0 bridgehead atoms. The molecule has 0 amide bonds. The van der Waals surface area contributed by atoms with Crippen LogP contribution in [-0.4, -0.2) is 4.98 Å². The normalized spacial score (nSPS) is 12.2. The van der Waals surface area contributed by atoms with Crippen LogP contribution in [0, 0.1) is 12.1 Å². The summed E-state index contributed by atoms with van der Waals surface area (Å²) in [5, 5.41) is 0. The van der Waals surface area contributed by atoms with Gasteiger partial charge in [-0.25, -0.2) is 4.98 Å². The van der Waals surface area contributed by atoms with Crippen LogP contribution in [0.2, 0.25) is 0 Å². The highest BCUT2D eigenvalue weighted by Crippen LogP contribution is 2.47. The summed E-state index contributed by atoms with van der Waals surface area (Å²) in [6.07, 6.45) is 7.95. The average molecular weight is 490 g/mol. The molecule has 0 unspecified atom stereocenters. The maximum absolute atomic E-state index is 6.80. The Bertz CT molecular complexity index is 1680. The fourth-order valence-electron chi connectivity index (χ4n) is 5.20. The third-order valence-corrected chi connectivity index (χ3v) is 6.96. The minimum absolute atomic E-state index is 0.576. The maximum atomic E-state index is 6.80. The van der Waals surface area contributed by atoms with E-state index in [4.69, 9.17) is 8.83 Å². The molecule has 6 aromatic rings. The largest absolute Gasteiger partial charge is 0.452 e. The van der Waals surface area contributed by atoms with Gasteiger partial charge in [0.15, 0.2) is 11.5 Å². The van der Waals surface area contributed by atoms with E-state index in [2.05, 4.69) is 77.8 Å². The Labute approximate surface area is 221 Å². The van der Waals surface area contributed by atoms with Crippen molar-refractivity contribution in [1.82, 2.24) is 4.98 Å². The molecule has 3 heteroatoms. The molecule has 3 nitrogen and oxygen atoms in total. The van der Waals surface area contributed by atoms with Gasteiger partial charge in [-0.3, -0.25) is 0 Å². The molecule has 0 fully saturated rings. The zero-order valence-corrected chi connectivity index (χ0v) is 20.6. The van der Waals surface area contributed by atoms with Crippen molar-refractivity contribution in [3.63, 3.8) is 0 Å². The van der Waals surface area contributed by atoms with E-state index < -0.39 is 0 Å². The van der Waals surface area contributed by atoms with Gasteiger partial charge in [-0.2, -0.15) is 0 Å². The molecule has 4 aromatic carbocycles. The molecule has 0 saturated heterocycles. The third-order valence-electron chi connectivity index (χ3n) is 6.96. The fraction of sp³-hybridized carbons (Fsp3) is 0.0571. The van der Waals surface area contributed by atoms with E-state index in [0.29, 0.717) is 17.4 Å². The fourth-order valence-corrected chi connectivity index (χ4v) is 5.20. The second-order valence-electron chi connectivity index (χ2n) is 9.29. The molecule has 0 atom stereocenters. The molecule has 1 aliphatic carbocycles. The second kappa shape index (κ2) is 9.42. The summed E-state index contributed by atoms with van der Waals surface area (Å²) in [5.74, 6) is 2.77. The van der Waals surface area contributed by atoms with E-state index in [1.165, 1.54) is 5.56 Å². The van der Waals surface area contributed by atoms with Crippen molar-refractivity contribution in [1.29, 1.82) is 0 Å². The number of fused-ring (bicyclic) bond motifs is 1. The molecule has 38 heavy (non-hydrogen) atoms. The Balaban J connectivity index is 1.47. The highest BCUT2D eigenvalue weighted by atomic mass is 16.4. The highest BCUT2D eigenvalue weighted by molar-refractivity contribution is 5.95. The van der Waals surface area contributed by atoms with Gasteiger partial charge in [0.2, 0.25) is 5.89 Å². The molecule has 0 saturated carbocycles. The number of rotatable bonds is 5. The van der Waals surface area contributed by atoms with Crippen molar-refractivity contribution >= 4 is 6.08 Å². The van der Waals surface area contributed by atoms with Crippen LogP contribution >= 0.6 is 0 Å². The predicted molar refractivity (Wildman–Crippen MR) is 151 cm³/mol. The van der Waals surface area contributed by atoms with Crippen molar-refractivity contribution in [2.75, 3.05) is 0 Å². The van der Waals surface area contributed by atoms with Crippen LogP contribution in [0.4, 0.5) is 0 Å². The van der Waals surface area contributed by atoms with Crippen molar-refractivity contribution in [3.8, 4) is 56.6 Å². The zero-order chi connectivity index (χ0) is 25.3. The van der Waals surface area contributed by atoms with Crippen LogP contribution in [0.3, 0.4) is 0 Å². The highest BCUT2D eigenvalue weighted by Gasteiger charge is 2.28. The van der Waals surface area contributed by atoms with Gasteiger partial charge in [-0.15, -0.1) is 0 Å². The van der Waals surface area contributed by atoms with Crippen LogP contribution < -0.4 is 0 Å². The quantitative estimate of drug-likeness (QED) is 0.242. The van der Waals surface area contributed by atoms with E-state index in [-0.39, 0.29) is 0 Å². The number of hydrogen-bond donors (Lipinski definition) is 0. The van der Waals surface area contributed by atoms with Crippen molar-refractivity contribution in [2.24, 2.45) is 0 Å². The van der Waals surface area contributed by atoms with Gasteiger partial charge in [0, 0.05) is 33.4 Å². The lowest BCUT2D eigenvalue weighted by molar-refractivity contribution is 0.535. The van der Waals surface area contributed by atoms with Gasteiger partial charge in [-0.1, -0.05) is 97.1 Å². The number of aromatic nitrogens is 1. The summed E-state index contributed by atoms with van der Waals surface area (Å²) in [7, 11) is 0. The summed E-state index contributed by atoms with van der Waals surface area (Å²) >= 11 is 0. The first-order valence-electron chi connectivity index (χ1n) is 12.8. The summed E-state index contributed by atoms with van der Waals surface area (Å²) in [6, 6.07) is 39.2. The number of allylic oxidation sites excluding steroid dienone is 1. The number of hydrogen-bond acceptors (Lipinski definition) is 3. The SMILES string of the molecule is c1cccc(-c2cccc(-c3ccccc3)c2-c2oc(-c3cnc(-c4ccccc4)o3)c3c2CCC=C3)c#1. The molecule has 1 aliphatic rings. The van der Waals surface area contributed by atoms with Crippen molar-refractivity contribution < 1.29 is 8.83 Å². The maximum Gasteiger partial charge on any atom is 0.226 e. The van der Waals surface area contributed by atoms with Gasteiger partial charge in [0.25, 0.3) is 0 Å². The molecule has 7 rings (SSSR count). The standard InChI is InChI=1S/C35H23NO2/c1-4-13-24(14-5-1)27-21-12-22-28(25-15-6-2-7-16-25)32(27)34-30-20-11-10-19-29(30)33(38-34)31-23-36-35(37-31)26-17-8-3-9-18-26/h1-6,8-10,12-15,17-19,21-23H,11,20H2. The first kappa shape index (κ1) is 22.2. The van der Waals surface area contributed by atoms with Crippen LogP contribution in [0.1, 0.15) is 17.5 Å². The summed E-state index contributed by atoms with van der Waals surface area (Å²) in [6.45, 7) is 0. The Hall–Kier alpha value is -5.07. The predicted octanol–water partition coefficient (Wildman–Crippen LogP) is 9.16. The van der Waals surface area contributed by atoms with Crippen LogP contribution in [0.25, 0.3) is 62.6 Å². The van der Waals surface area contributed by atoms with Gasteiger partial charge < -0.3 is 8.83 Å². The summed E-state index contributed by atoms with van der Waals surface area (Å²) < 4.78 is 13.1. The Morgan fingerprint density at radius 3 is 2.29 bits per heavy atom. The molecular formula is C35H23NO2. The van der Waals surface area contributed by atoms with E-state index in [9.17, 15) is 0 Å². The summed E-state index contributed by atoms with van der Waals surface area (Å²) in [5.41, 5.74) is 8.50. The van der Waals surface area contributed by atoms with E-state index in [1.807, 2.05) is 48.5 Å². The monoisotopic (exact) mass is 489 g/mol. The lowest BCUT2D eigenvalue weighted by Gasteiger charge is -2.15. The number of nitrogens with zero attached hydrogens (tertiary/aromatic N) is 1. The van der Waals surface area contributed by atoms with Gasteiger partial charge in [0.05, 0.1) is 6.20 Å². The van der Waals surface area contributed by atoms with E-state index >= 15 is 0 Å². The number of oxazole rings is 1. The number of benzene rings is 3. The smallest absolute Gasteiger partial charge is 0.226 e. The second-order valence-corrected chi connectivity index (χ2v) is 9.29. The minimum atomic E-state index is 0.576. The first-order chi connectivity index (χ1) is 18.9. The molecule has 2 aromatic heterocycles. The van der Waals surface area contributed by atoms with E-state index in [0.717, 1.165) is 57.5 Å². The molecule has 0 radical (unpaired) electrons. The molecule has 180 valence electrons. The van der Waals surface area contributed by atoms with Crippen molar-refractivity contribution in [3.05, 3.63) is 133 Å². The van der Waals surface area contributed by atoms with Crippen molar-refractivity contribution in [2.45, 2.75) is 12.8 Å². The van der Waals surface area contributed by atoms with Crippen LogP contribution in [-0.2, 0) is 6.42 Å². The Morgan fingerprint density at radius 2 is 1.50 bits per heavy atom. The molecule has 0 aliphatic heterocycles. The van der Waals surface area contributed by atoms with Gasteiger partial charge in [0.1, 0.15) is 5.76 Å². The number of furan rings is 1. The zero-order valence-electron chi connectivity index (χ0n) is 20.6. The molecule has 0 N–H and O–H groups in total. The summed E-state index contributed by atoms with van der Waals surface area (Å²) in [4.78, 5) is 4.56. The molecule has 0 spiro atoms.